The van der Waals surface area contributed by atoms with Gasteiger partial charge in [-0.2, -0.15) is 0 Å². The largest absolute Gasteiger partial charge is 1.00 e. The Labute approximate surface area is 236 Å². The number of azide groups is 2. The van der Waals surface area contributed by atoms with Crippen LogP contribution in [0.25, 0.3) is 36.9 Å². The second-order valence-corrected chi connectivity index (χ2v) is 7.17. The van der Waals surface area contributed by atoms with Crippen LogP contribution in [0.15, 0.2) is 10.2 Å². The van der Waals surface area contributed by atoms with E-state index in [4.69, 9.17) is 33.7 Å². The molecule has 0 spiro atoms. The topological polar surface area (TPSA) is 197 Å². The summed E-state index contributed by atoms with van der Waals surface area (Å²) in [6, 6.07) is 0. The number of hydrogen-bond donors (Lipinski definition) is 2. The molecular formula is C20H44BrFN9NaO2. The quantitative estimate of drug-likeness (QED) is 0.0586. The molecule has 0 fully saturated rings. The second kappa shape index (κ2) is 63.6. The van der Waals surface area contributed by atoms with Gasteiger partial charge in [-0.05, 0) is 43.2 Å². The molecule has 14 heteroatoms. The smallest absolute Gasteiger partial charge is 0.396 e. The third-order valence-corrected chi connectivity index (χ3v) is 4.26. The number of hydrogen-bond acceptors (Lipinski definition) is 4. The average molecular weight is 566 g/mol. The fraction of sp³-hybridized carbons (Fsp3) is 1.00. The Kier molecular flexibility index (Phi) is 81.1. The van der Waals surface area contributed by atoms with Gasteiger partial charge in [0.05, 0.1) is 8.52 Å². The molecule has 2 N–H and O–H groups in total. The van der Waals surface area contributed by atoms with E-state index in [-0.39, 0.29) is 36.2 Å². The second-order valence-electron chi connectivity index (χ2n) is 6.38. The predicted molar refractivity (Wildman–Crippen MR) is 139 cm³/mol. The molecule has 0 bridgehead atoms. The Bertz CT molecular complexity index is 438. The first kappa shape index (κ1) is 43.3. The van der Waals surface area contributed by atoms with Crippen molar-refractivity contribution in [3.8, 4) is 0 Å². The monoisotopic (exact) mass is 564 g/mol. The van der Waals surface area contributed by atoms with Crippen LogP contribution in [0.3, 0.4) is 0 Å². The number of nitrogens with zero attached hydrogens (tertiary/aromatic N) is 9. The standard InChI is InChI=1S/C7H15N3.C6H13BrO.C6H13N3O.CH3F.N3.Na/c1-2-3-4-5-6-7-9-10-8;7-5-3-1-2-4-6-8;7-9-8-5-3-1-2-4-6-10;1-2;1-3-2;/h2-7H2,1H3;8H,1-6H2;10H,1-6H2;1H3;;/q;;;;-1;+1/i;;;1D;;. The first-order valence-electron chi connectivity index (χ1n) is 11.9. The summed E-state index contributed by atoms with van der Waals surface area (Å²) in [4.78, 5) is 6.81. The fourth-order valence-electron chi connectivity index (χ4n) is 2.08. The summed E-state index contributed by atoms with van der Waals surface area (Å²) in [7, 11) is -1.00. The van der Waals surface area contributed by atoms with Gasteiger partial charge in [0.15, 0.2) is 0 Å². The van der Waals surface area contributed by atoms with E-state index in [0.29, 0.717) is 19.7 Å². The van der Waals surface area contributed by atoms with Crippen LogP contribution in [0.5, 0.6) is 0 Å². The van der Waals surface area contributed by atoms with Gasteiger partial charge in [0.1, 0.15) is 0 Å². The number of halogens is 2. The van der Waals surface area contributed by atoms with Crippen LogP contribution in [0.4, 0.5) is 4.39 Å². The summed E-state index contributed by atoms with van der Waals surface area (Å²) in [5.41, 5.74) is 29.3. The van der Waals surface area contributed by atoms with E-state index in [2.05, 4.69) is 42.9 Å². The van der Waals surface area contributed by atoms with E-state index in [0.717, 1.165) is 43.9 Å². The van der Waals surface area contributed by atoms with E-state index in [1.807, 2.05) is 0 Å². The maximum Gasteiger partial charge on any atom is 1.00 e. The minimum Gasteiger partial charge on any atom is -0.396 e. The summed E-state index contributed by atoms with van der Waals surface area (Å²) < 4.78 is 15.5. The van der Waals surface area contributed by atoms with Crippen LogP contribution in [0, 0.1) is 0 Å². The van der Waals surface area contributed by atoms with Crippen LogP contribution in [-0.2, 0) is 0 Å². The molecule has 0 aromatic carbocycles. The third-order valence-electron chi connectivity index (χ3n) is 3.70. The number of alkyl halides is 2. The summed E-state index contributed by atoms with van der Waals surface area (Å²) in [5, 5.41) is 24.7. The van der Waals surface area contributed by atoms with E-state index in [1.165, 1.54) is 49.9 Å². The van der Waals surface area contributed by atoms with Gasteiger partial charge in [-0.25, -0.2) is 0 Å². The van der Waals surface area contributed by atoms with E-state index >= 15 is 0 Å². The summed E-state index contributed by atoms with van der Waals surface area (Å²) in [6.45, 7) is 4.05. The molecule has 196 valence electrons. The summed E-state index contributed by atoms with van der Waals surface area (Å²) in [5.74, 6) is 0. The fourth-order valence-corrected chi connectivity index (χ4v) is 2.48. The number of aliphatic hydroxyl groups is 2. The van der Waals surface area contributed by atoms with Gasteiger partial charge < -0.3 is 21.3 Å². The van der Waals surface area contributed by atoms with Crippen molar-refractivity contribution >= 4 is 15.9 Å². The molecule has 0 aromatic heterocycles. The van der Waals surface area contributed by atoms with Gasteiger partial charge in [0.2, 0.25) is 0 Å². The Morgan fingerprint density at radius 3 is 1.35 bits per heavy atom. The molecule has 0 rings (SSSR count). The molecule has 0 saturated carbocycles. The summed E-state index contributed by atoms with van der Waals surface area (Å²) in [6.07, 6.45) is 14.6. The molecule has 34 heavy (non-hydrogen) atoms. The van der Waals surface area contributed by atoms with Gasteiger partial charge in [0, 0.05) is 41.5 Å². The molecule has 0 atom stereocenters. The van der Waals surface area contributed by atoms with Crippen LogP contribution in [0.2, 0.25) is 0 Å². The van der Waals surface area contributed by atoms with Crippen molar-refractivity contribution in [1.82, 2.24) is 0 Å². The molecule has 0 radical (unpaired) electrons. The molecule has 0 amide bonds. The van der Waals surface area contributed by atoms with Gasteiger partial charge in [0.25, 0.3) is 0 Å². The Balaban J connectivity index is -0.0000000801. The van der Waals surface area contributed by atoms with Crippen LogP contribution in [0.1, 0.15) is 91.8 Å². The Morgan fingerprint density at radius 2 is 1.06 bits per heavy atom. The van der Waals surface area contributed by atoms with Crippen LogP contribution in [-0.4, -0.2) is 49.0 Å². The van der Waals surface area contributed by atoms with Gasteiger partial charge in [-0.15, -0.1) is 0 Å². The molecule has 0 aliphatic heterocycles. The number of rotatable bonds is 17. The maximum atomic E-state index is 9.96. The van der Waals surface area contributed by atoms with E-state index < -0.39 is 7.15 Å². The first-order chi connectivity index (χ1) is 16.6. The molecule has 0 aliphatic rings. The molecule has 0 saturated heterocycles. The molecule has 0 aromatic rings. The molecule has 11 nitrogen and oxygen atoms in total. The number of unbranched alkanes of at least 4 members (excludes halogenated alkanes) is 10. The van der Waals surface area contributed by atoms with Crippen molar-refractivity contribution in [2.45, 2.75) is 90.4 Å². The minimum absolute atomic E-state index is 0. The Morgan fingerprint density at radius 1 is 0.735 bits per heavy atom. The SMILES string of the molecule is CCCCCCCN=[N+]=[N-].OCCCCCCBr.[2H]CF.[N-]=[N+]=NCCCCCCO.[N-]=[N+]=[N-].[Na+]. The molecule has 0 unspecified atom stereocenters. The normalized spacial score (nSPS) is 8.32. The zero-order chi connectivity index (χ0) is 27.0. The van der Waals surface area contributed by atoms with Crippen molar-refractivity contribution in [2.75, 3.05) is 38.8 Å². The predicted octanol–water partition coefficient (Wildman–Crippen LogP) is 5.51. The maximum absolute atomic E-state index is 9.96. The molecule has 0 heterocycles. The van der Waals surface area contributed by atoms with Crippen molar-refractivity contribution in [3.63, 3.8) is 0 Å². The minimum atomic E-state index is -1.00. The Hall–Kier alpha value is -0.740. The summed E-state index contributed by atoms with van der Waals surface area (Å²) >= 11 is 3.34. The molecular weight excluding hydrogens is 520 g/mol. The van der Waals surface area contributed by atoms with E-state index in [9.17, 15) is 4.39 Å². The van der Waals surface area contributed by atoms with Gasteiger partial charge in [-0.3, -0.25) is 9.30 Å². The first-order valence-corrected chi connectivity index (χ1v) is 12.3. The van der Waals surface area contributed by atoms with Crippen molar-refractivity contribution < 1.29 is 45.5 Å². The van der Waals surface area contributed by atoms with Crippen molar-refractivity contribution in [1.29, 1.82) is 0 Å². The zero-order valence-electron chi connectivity index (χ0n) is 22.1. The van der Waals surface area contributed by atoms with Crippen LogP contribution < -0.4 is 29.6 Å². The molecule has 0 aliphatic carbocycles. The van der Waals surface area contributed by atoms with Gasteiger partial charge >= 0.3 is 29.6 Å². The van der Waals surface area contributed by atoms with Crippen molar-refractivity contribution in [2.24, 2.45) is 10.2 Å². The third kappa shape index (κ3) is 85.8. The van der Waals surface area contributed by atoms with Crippen molar-refractivity contribution in [3.05, 3.63) is 36.9 Å². The van der Waals surface area contributed by atoms with Gasteiger partial charge in [-0.1, -0.05) is 84.4 Å². The van der Waals surface area contributed by atoms with Crippen LogP contribution >= 0.6 is 15.9 Å². The average Bonchev–Trinajstić information content (AvgIpc) is 2.83. The van der Waals surface area contributed by atoms with E-state index in [1.54, 1.807) is 0 Å². The number of aliphatic hydroxyl groups excluding tert-OH is 2. The zero-order valence-corrected chi connectivity index (χ0v) is 24.7.